The lowest BCUT2D eigenvalue weighted by Gasteiger charge is -2.36. The molecule has 0 saturated heterocycles. The Balaban J connectivity index is 1.89. The van der Waals surface area contributed by atoms with Crippen LogP contribution in [0, 0.1) is 11.3 Å². The Bertz CT molecular complexity index is 929. The minimum absolute atomic E-state index is 0.0614. The van der Waals surface area contributed by atoms with Crippen molar-refractivity contribution < 1.29 is 9.90 Å². The molecule has 0 bridgehead atoms. The number of amides is 1. The number of nitrogens with one attached hydrogen (secondary N) is 1. The average molecular weight is 389 g/mol. The molecule has 1 amide bonds. The van der Waals surface area contributed by atoms with E-state index >= 15 is 0 Å². The summed E-state index contributed by atoms with van der Waals surface area (Å²) < 4.78 is 0. The summed E-state index contributed by atoms with van der Waals surface area (Å²) in [6.07, 6.45) is 4.06. The van der Waals surface area contributed by atoms with Gasteiger partial charge in [0.2, 0.25) is 5.91 Å². The summed E-state index contributed by atoms with van der Waals surface area (Å²) >= 11 is 0. The molecule has 1 fully saturated rings. The molecule has 5 heteroatoms. The quantitative estimate of drug-likeness (QED) is 0.821. The number of hydrogen-bond acceptors (Lipinski definition) is 4. The lowest BCUT2D eigenvalue weighted by Crippen LogP contribution is -2.47. The summed E-state index contributed by atoms with van der Waals surface area (Å²) in [5.41, 5.74) is 2.68. The van der Waals surface area contributed by atoms with Gasteiger partial charge in [-0.15, -0.1) is 0 Å². The van der Waals surface area contributed by atoms with Gasteiger partial charge in [0.15, 0.2) is 0 Å². The average Bonchev–Trinajstić information content (AvgIpc) is 2.98. The Morgan fingerprint density at radius 2 is 1.90 bits per heavy atom. The van der Waals surface area contributed by atoms with Gasteiger partial charge in [-0.3, -0.25) is 4.79 Å². The van der Waals surface area contributed by atoms with E-state index < -0.39 is 17.6 Å². The molecule has 2 aliphatic rings. The SMILES string of the molecule is CNC[C@H](O)[C@H](c1ccccc1)N1C(=O)C2(CCCCC2)c2ccc(C#N)cc21. The molecular weight excluding hydrogens is 362 g/mol. The Morgan fingerprint density at radius 3 is 2.55 bits per heavy atom. The molecule has 150 valence electrons. The monoisotopic (exact) mass is 389 g/mol. The second kappa shape index (κ2) is 7.98. The van der Waals surface area contributed by atoms with Gasteiger partial charge in [-0.2, -0.15) is 5.26 Å². The smallest absolute Gasteiger partial charge is 0.238 e. The summed E-state index contributed by atoms with van der Waals surface area (Å²) in [7, 11) is 1.79. The highest BCUT2D eigenvalue weighted by atomic mass is 16.3. The van der Waals surface area contributed by atoms with Crippen molar-refractivity contribution in [3.63, 3.8) is 0 Å². The number of fused-ring (bicyclic) bond motifs is 2. The van der Waals surface area contributed by atoms with Crippen molar-refractivity contribution in [3.05, 3.63) is 65.2 Å². The highest BCUT2D eigenvalue weighted by Crippen LogP contribution is 2.53. The third-order valence-electron chi connectivity index (χ3n) is 6.43. The zero-order valence-corrected chi connectivity index (χ0v) is 16.8. The fraction of sp³-hybridized carbons (Fsp3) is 0.417. The number of anilines is 1. The molecule has 1 aliphatic heterocycles. The molecule has 29 heavy (non-hydrogen) atoms. The van der Waals surface area contributed by atoms with E-state index in [9.17, 15) is 15.2 Å². The molecule has 0 radical (unpaired) electrons. The number of aliphatic hydroxyl groups excluding tert-OH is 1. The largest absolute Gasteiger partial charge is 0.389 e. The van der Waals surface area contributed by atoms with Gasteiger partial charge in [-0.1, -0.05) is 55.7 Å². The molecule has 1 spiro atoms. The molecule has 2 N–H and O–H groups in total. The molecule has 1 heterocycles. The second-order valence-corrected chi connectivity index (χ2v) is 8.14. The molecule has 2 aromatic carbocycles. The molecule has 1 saturated carbocycles. The van der Waals surface area contributed by atoms with Crippen LogP contribution in [0.4, 0.5) is 5.69 Å². The van der Waals surface area contributed by atoms with Gasteiger partial charge in [0.25, 0.3) is 0 Å². The zero-order valence-electron chi connectivity index (χ0n) is 16.8. The number of aliphatic hydroxyl groups is 1. The van der Waals surface area contributed by atoms with Crippen molar-refractivity contribution >= 4 is 11.6 Å². The van der Waals surface area contributed by atoms with Gasteiger partial charge in [0.1, 0.15) is 0 Å². The topological polar surface area (TPSA) is 76.4 Å². The third kappa shape index (κ3) is 3.23. The Morgan fingerprint density at radius 1 is 1.17 bits per heavy atom. The fourth-order valence-electron chi connectivity index (χ4n) is 5.09. The number of benzene rings is 2. The Hall–Kier alpha value is -2.68. The van der Waals surface area contributed by atoms with Crippen LogP contribution in [0.1, 0.15) is 54.8 Å². The number of hydrogen-bond donors (Lipinski definition) is 2. The van der Waals surface area contributed by atoms with E-state index in [0.717, 1.165) is 48.9 Å². The number of nitrogens with zero attached hydrogens (tertiary/aromatic N) is 2. The van der Waals surface area contributed by atoms with Gasteiger partial charge < -0.3 is 15.3 Å². The maximum absolute atomic E-state index is 14.0. The summed E-state index contributed by atoms with van der Waals surface area (Å²) in [5.74, 6) is 0.0614. The third-order valence-corrected chi connectivity index (χ3v) is 6.43. The maximum atomic E-state index is 14.0. The van der Waals surface area contributed by atoms with Gasteiger partial charge in [0.05, 0.1) is 34.9 Å². The molecule has 1 aliphatic carbocycles. The first-order valence-electron chi connectivity index (χ1n) is 10.4. The fourth-order valence-corrected chi connectivity index (χ4v) is 5.09. The maximum Gasteiger partial charge on any atom is 0.238 e. The van der Waals surface area contributed by atoms with Crippen molar-refractivity contribution in [1.82, 2.24) is 5.32 Å². The van der Waals surface area contributed by atoms with Crippen molar-refractivity contribution in [2.45, 2.75) is 49.7 Å². The molecule has 2 atom stereocenters. The zero-order chi connectivity index (χ0) is 20.4. The van der Waals surface area contributed by atoms with E-state index in [0.29, 0.717) is 12.1 Å². The van der Waals surface area contributed by atoms with Gasteiger partial charge in [-0.25, -0.2) is 0 Å². The van der Waals surface area contributed by atoms with Crippen LogP contribution in [0.25, 0.3) is 0 Å². The Labute approximate surface area is 172 Å². The number of nitriles is 1. The number of rotatable bonds is 5. The highest BCUT2D eigenvalue weighted by molar-refractivity contribution is 6.09. The molecule has 0 aromatic heterocycles. The van der Waals surface area contributed by atoms with Gasteiger partial charge in [0, 0.05) is 6.54 Å². The van der Waals surface area contributed by atoms with Gasteiger partial charge in [-0.05, 0) is 43.1 Å². The van der Waals surface area contributed by atoms with E-state index in [-0.39, 0.29) is 5.91 Å². The van der Waals surface area contributed by atoms with Crippen molar-refractivity contribution in [1.29, 1.82) is 5.26 Å². The first-order chi connectivity index (χ1) is 14.1. The molecule has 4 rings (SSSR count). The minimum Gasteiger partial charge on any atom is -0.389 e. The highest BCUT2D eigenvalue weighted by Gasteiger charge is 2.53. The van der Waals surface area contributed by atoms with Crippen LogP contribution in [-0.2, 0) is 10.2 Å². The van der Waals surface area contributed by atoms with Crippen molar-refractivity contribution in [2.24, 2.45) is 0 Å². The Kier molecular flexibility index (Phi) is 5.40. The predicted molar refractivity (Wildman–Crippen MR) is 113 cm³/mol. The first-order valence-corrected chi connectivity index (χ1v) is 10.4. The van der Waals surface area contributed by atoms with E-state index in [2.05, 4.69) is 11.4 Å². The number of likely N-dealkylation sites (N-methyl/N-ethyl adjacent to an activating group) is 1. The number of carbonyl (C=O) groups is 1. The number of carbonyl (C=O) groups excluding carboxylic acids is 1. The van der Waals surface area contributed by atoms with Crippen molar-refractivity contribution in [2.75, 3.05) is 18.5 Å². The molecule has 0 unspecified atom stereocenters. The van der Waals surface area contributed by atoms with Crippen LogP contribution in [0.2, 0.25) is 0 Å². The van der Waals surface area contributed by atoms with E-state index in [4.69, 9.17) is 0 Å². The first kappa shape index (κ1) is 19.6. The van der Waals surface area contributed by atoms with E-state index in [1.54, 1.807) is 11.9 Å². The van der Waals surface area contributed by atoms with Crippen LogP contribution in [0.3, 0.4) is 0 Å². The summed E-state index contributed by atoms with van der Waals surface area (Å²) in [6.45, 7) is 0.365. The summed E-state index contributed by atoms with van der Waals surface area (Å²) in [6, 6.07) is 17.0. The standard InChI is InChI=1S/C24H27N3O2/c1-26-16-21(28)22(18-8-4-2-5-9-18)27-20-14-17(15-25)10-11-19(20)24(23(27)29)12-6-3-7-13-24/h2,4-5,8-11,14,21-22,26,28H,3,6-7,12-13,16H2,1H3/t21-,22-/m0/s1. The van der Waals surface area contributed by atoms with E-state index in [1.807, 2.05) is 48.5 Å². The summed E-state index contributed by atoms with van der Waals surface area (Å²) in [4.78, 5) is 15.8. The van der Waals surface area contributed by atoms with Gasteiger partial charge >= 0.3 is 0 Å². The van der Waals surface area contributed by atoms with Crippen LogP contribution < -0.4 is 10.2 Å². The predicted octanol–water partition coefficient (Wildman–Crippen LogP) is 3.43. The minimum atomic E-state index is -0.774. The lowest BCUT2D eigenvalue weighted by molar-refractivity contribution is -0.125. The van der Waals surface area contributed by atoms with Crippen LogP contribution >= 0.6 is 0 Å². The lowest BCUT2D eigenvalue weighted by atomic mass is 9.70. The molecule has 2 aromatic rings. The molecular formula is C24H27N3O2. The molecule has 5 nitrogen and oxygen atoms in total. The summed E-state index contributed by atoms with van der Waals surface area (Å²) in [5, 5.41) is 23.6. The van der Waals surface area contributed by atoms with Crippen LogP contribution in [0.15, 0.2) is 48.5 Å². The second-order valence-electron chi connectivity index (χ2n) is 8.14. The van der Waals surface area contributed by atoms with Crippen LogP contribution in [-0.4, -0.2) is 30.7 Å². The van der Waals surface area contributed by atoms with E-state index in [1.165, 1.54) is 0 Å². The normalized spacial score (nSPS) is 19.6. The van der Waals surface area contributed by atoms with Crippen molar-refractivity contribution in [3.8, 4) is 6.07 Å². The van der Waals surface area contributed by atoms with Crippen LogP contribution in [0.5, 0.6) is 0 Å².